The van der Waals surface area contributed by atoms with E-state index in [0.717, 1.165) is 17.2 Å². The number of hydrogen-bond donors (Lipinski definition) is 1. The SMILES string of the molecule is Cc1cc(CSc2ncccc2C(=O)Nc2ccnn2Cc2ccco2)no1. The van der Waals surface area contributed by atoms with Crippen molar-refractivity contribution in [3.63, 3.8) is 0 Å². The summed E-state index contributed by atoms with van der Waals surface area (Å²) in [6.45, 7) is 2.27. The van der Waals surface area contributed by atoms with Gasteiger partial charge in [0, 0.05) is 24.1 Å². The second-order valence-electron chi connectivity index (χ2n) is 5.98. The number of carbonyl (C=O) groups excluding carboxylic acids is 1. The summed E-state index contributed by atoms with van der Waals surface area (Å²) < 4.78 is 12.1. The number of anilines is 1. The average molecular weight is 395 g/mol. The first kappa shape index (κ1) is 18.1. The minimum atomic E-state index is -0.256. The standard InChI is InChI=1S/C19H17N5O3S/c1-13-10-14(23-27-13)12-28-19-16(5-2-7-20-19)18(25)22-17-6-8-21-24(17)11-15-4-3-9-26-15/h2-10H,11-12H2,1H3,(H,22,25). The maximum absolute atomic E-state index is 12.8. The molecule has 0 aliphatic rings. The topological polar surface area (TPSA) is 99.0 Å². The number of pyridine rings is 1. The molecule has 1 N–H and O–H groups in total. The predicted octanol–water partition coefficient (Wildman–Crippen LogP) is 3.76. The molecule has 28 heavy (non-hydrogen) atoms. The van der Waals surface area contributed by atoms with Crippen LogP contribution in [0.2, 0.25) is 0 Å². The molecule has 0 unspecified atom stereocenters. The molecular weight excluding hydrogens is 378 g/mol. The minimum Gasteiger partial charge on any atom is -0.467 e. The number of nitrogens with zero attached hydrogens (tertiary/aromatic N) is 4. The van der Waals surface area contributed by atoms with Crippen molar-refractivity contribution in [2.75, 3.05) is 5.32 Å². The maximum Gasteiger partial charge on any atom is 0.259 e. The number of aromatic nitrogens is 4. The Morgan fingerprint density at radius 2 is 2.18 bits per heavy atom. The molecule has 4 aromatic heterocycles. The molecule has 4 rings (SSSR count). The van der Waals surface area contributed by atoms with Crippen LogP contribution in [0.25, 0.3) is 0 Å². The van der Waals surface area contributed by atoms with E-state index >= 15 is 0 Å². The van der Waals surface area contributed by atoms with Gasteiger partial charge in [-0.3, -0.25) is 4.79 Å². The van der Waals surface area contributed by atoms with Crippen molar-refractivity contribution >= 4 is 23.5 Å². The van der Waals surface area contributed by atoms with Gasteiger partial charge in [0.2, 0.25) is 0 Å². The third-order valence-electron chi connectivity index (χ3n) is 3.89. The van der Waals surface area contributed by atoms with Crippen LogP contribution in [0.3, 0.4) is 0 Å². The van der Waals surface area contributed by atoms with E-state index in [0.29, 0.717) is 28.7 Å². The summed E-state index contributed by atoms with van der Waals surface area (Å²) in [6.07, 6.45) is 4.89. The first-order valence-corrected chi connectivity index (χ1v) is 9.53. The number of furan rings is 1. The van der Waals surface area contributed by atoms with Gasteiger partial charge in [0.05, 0.1) is 23.7 Å². The van der Waals surface area contributed by atoms with Gasteiger partial charge in [-0.05, 0) is 31.2 Å². The molecule has 0 fully saturated rings. The van der Waals surface area contributed by atoms with E-state index in [1.54, 1.807) is 41.5 Å². The first-order valence-electron chi connectivity index (χ1n) is 8.54. The number of nitrogens with one attached hydrogen (secondary N) is 1. The molecule has 0 aliphatic carbocycles. The molecular formula is C19H17N5O3S. The molecule has 1 amide bonds. The second kappa shape index (κ2) is 8.13. The normalized spacial score (nSPS) is 10.9. The van der Waals surface area contributed by atoms with E-state index in [9.17, 15) is 4.79 Å². The Morgan fingerprint density at radius 1 is 1.25 bits per heavy atom. The second-order valence-corrected chi connectivity index (χ2v) is 6.95. The first-order chi connectivity index (χ1) is 13.7. The Balaban J connectivity index is 1.47. The van der Waals surface area contributed by atoms with Gasteiger partial charge in [-0.25, -0.2) is 9.67 Å². The molecule has 0 aromatic carbocycles. The smallest absolute Gasteiger partial charge is 0.259 e. The fourth-order valence-electron chi connectivity index (χ4n) is 2.61. The van der Waals surface area contributed by atoms with Crippen LogP contribution in [0.15, 0.2) is 69.0 Å². The zero-order chi connectivity index (χ0) is 19.3. The van der Waals surface area contributed by atoms with Gasteiger partial charge in [0.25, 0.3) is 5.91 Å². The fourth-order valence-corrected chi connectivity index (χ4v) is 3.48. The third-order valence-corrected chi connectivity index (χ3v) is 4.93. The quantitative estimate of drug-likeness (QED) is 0.476. The molecule has 142 valence electrons. The molecule has 4 aromatic rings. The fraction of sp³-hybridized carbons (Fsp3) is 0.158. The van der Waals surface area contributed by atoms with Crippen LogP contribution in [0.5, 0.6) is 0 Å². The van der Waals surface area contributed by atoms with Crippen molar-refractivity contribution in [3.05, 3.63) is 77.8 Å². The van der Waals surface area contributed by atoms with Gasteiger partial charge in [0.1, 0.15) is 28.9 Å². The van der Waals surface area contributed by atoms with Gasteiger partial charge in [0.15, 0.2) is 0 Å². The molecule has 0 spiro atoms. The lowest BCUT2D eigenvalue weighted by atomic mass is 10.2. The van der Waals surface area contributed by atoms with Gasteiger partial charge in [-0.15, -0.1) is 0 Å². The van der Waals surface area contributed by atoms with Crippen LogP contribution in [0.4, 0.5) is 5.82 Å². The lowest BCUT2D eigenvalue weighted by Gasteiger charge is -2.10. The number of amides is 1. The van der Waals surface area contributed by atoms with Gasteiger partial charge in [-0.1, -0.05) is 16.9 Å². The summed E-state index contributed by atoms with van der Waals surface area (Å²) in [4.78, 5) is 17.2. The highest BCUT2D eigenvalue weighted by Crippen LogP contribution is 2.25. The van der Waals surface area contributed by atoms with Crippen LogP contribution in [-0.4, -0.2) is 25.8 Å². The Labute approximate surface area is 164 Å². The van der Waals surface area contributed by atoms with Crippen LogP contribution in [0, 0.1) is 6.92 Å². The largest absolute Gasteiger partial charge is 0.467 e. The van der Waals surface area contributed by atoms with Gasteiger partial charge in [-0.2, -0.15) is 5.10 Å². The number of hydrogen-bond acceptors (Lipinski definition) is 7. The Bertz CT molecular complexity index is 1070. The van der Waals surface area contributed by atoms with E-state index in [2.05, 4.69) is 20.6 Å². The van der Waals surface area contributed by atoms with Crippen LogP contribution in [0.1, 0.15) is 27.6 Å². The van der Waals surface area contributed by atoms with E-state index in [4.69, 9.17) is 8.94 Å². The lowest BCUT2D eigenvalue weighted by molar-refractivity contribution is 0.102. The summed E-state index contributed by atoms with van der Waals surface area (Å²) in [6, 6.07) is 10.7. The monoisotopic (exact) mass is 395 g/mol. The molecule has 0 atom stereocenters. The highest BCUT2D eigenvalue weighted by atomic mass is 32.2. The van der Waals surface area contributed by atoms with E-state index in [1.165, 1.54) is 11.8 Å². The Hall–Kier alpha value is -3.33. The molecule has 8 nitrogen and oxygen atoms in total. The van der Waals surface area contributed by atoms with Crippen molar-refractivity contribution < 1.29 is 13.7 Å². The Kier molecular flexibility index (Phi) is 5.24. The van der Waals surface area contributed by atoms with E-state index in [-0.39, 0.29) is 5.91 Å². The minimum absolute atomic E-state index is 0.256. The van der Waals surface area contributed by atoms with Crippen LogP contribution < -0.4 is 5.32 Å². The highest BCUT2D eigenvalue weighted by molar-refractivity contribution is 7.98. The van der Waals surface area contributed by atoms with Crippen molar-refractivity contribution in [3.8, 4) is 0 Å². The lowest BCUT2D eigenvalue weighted by Crippen LogP contribution is -2.17. The number of aryl methyl sites for hydroxylation is 1. The molecule has 9 heteroatoms. The molecule has 0 saturated carbocycles. The zero-order valence-corrected chi connectivity index (χ0v) is 15.8. The summed E-state index contributed by atoms with van der Waals surface area (Å²) in [5.41, 5.74) is 1.29. The number of thioether (sulfide) groups is 1. The number of rotatable bonds is 7. The maximum atomic E-state index is 12.8. The van der Waals surface area contributed by atoms with Gasteiger partial charge < -0.3 is 14.3 Å². The van der Waals surface area contributed by atoms with Crippen molar-refractivity contribution in [1.29, 1.82) is 0 Å². The highest BCUT2D eigenvalue weighted by Gasteiger charge is 2.16. The summed E-state index contributed by atoms with van der Waals surface area (Å²) in [5.74, 6) is 2.38. The average Bonchev–Trinajstić information content (AvgIpc) is 3.45. The van der Waals surface area contributed by atoms with Crippen LogP contribution >= 0.6 is 11.8 Å². The van der Waals surface area contributed by atoms with Gasteiger partial charge >= 0.3 is 0 Å². The van der Waals surface area contributed by atoms with Crippen molar-refractivity contribution in [1.82, 2.24) is 19.9 Å². The predicted molar refractivity (Wildman–Crippen MR) is 103 cm³/mol. The summed E-state index contributed by atoms with van der Waals surface area (Å²) in [5, 5.41) is 11.7. The van der Waals surface area contributed by atoms with E-state index < -0.39 is 0 Å². The summed E-state index contributed by atoms with van der Waals surface area (Å²) in [7, 11) is 0. The number of carbonyl (C=O) groups is 1. The molecule has 0 radical (unpaired) electrons. The molecule has 0 bridgehead atoms. The van der Waals surface area contributed by atoms with Crippen LogP contribution in [-0.2, 0) is 12.3 Å². The van der Waals surface area contributed by atoms with Crippen molar-refractivity contribution in [2.24, 2.45) is 0 Å². The Morgan fingerprint density at radius 3 is 2.96 bits per heavy atom. The molecule has 4 heterocycles. The van der Waals surface area contributed by atoms with Crippen molar-refractivity contribution in [2.45, 2.75) is 24.2 Å². The zero-order valence-electron chi connectivity index (χ0n) is 15.0. The molecule has 0 saturated heterocycles. The van der Waals surface area contributed by atoms with E-state index in [1.807, 2.05) is 25.1 Å². The molecule has 0 aliphatic heterocycles. The summed E-state index contributed by atoms with van der Waals surface area (Å²) >= 11 is 1.43. The third kappa shape index (κ3) is 4.15.